The van der Waals surface area contributed by atoms with E-state index >= 15 is 0 Å². The van der Waals surface area contributed by atoms with Gasteiger partial charge in [-0.1, -0.05) is 30.3 Å². The highest BCUT2D eigenvalue weighted by atomic mass is 16.5. The molecule has 1 aromatic carbocycles. The standard InChI is InChI=1S/C19H23N5O/c1-14-9-18(23-19(21-14)13-25-3)22-15(2)17-10-20-24(12-17)11-16-7-5-4-6-8-16/h4-10,12,15H,11,13H2,1-3H3,(H,21,22,23). The number of aryl methyl sites for hydroxylation is 1. The van der Waals surface area contributed by atoms with Crippen LogP contribution in [0, 0.1) is 6.92 Å². The van der Waals surface area contributed by atoms with Crippen LogP contribution >= 0.6 is 0 Å². The van der Waals surface area contributed by atoms with E-state index in [4.69, 9.17) is 4.74 Å². The Labute approximate surface area is 147 Å². The summed E-state index contributed by atoms with van der Waals surface area (Å²) in [6.07, 6.45) is 3.96. The lowest BCUT2D eigenvalue weighted by atomic mass is 10.2. The molecule has 1 unspecified atom stereocenters. The zero-order chi connectivity index (χ0) is 17.6. The molecule has 0 amide bonds. The molecule has 0 radical (unpaired) electrons. The second-order valence-corrected chi connectivity index (χ2v) is 6.07. The van der Waals surface area contributed by atoms with E-state index in [-0.39, 0.29) is 6.04 Å². The monoisotopic (exact) mass is 337 g/mol. The van der Waals surface area contributed by atoms with E-state index in [0.29, 0.717) is 12.4 Å². The second kappa shape index (κ2) is 7.90. The number of hydrogen-bond donors (Lipinski definition) is 1. The van der Waals surface area contributed by atoms with Crippen LogP contribution in [0.15, 0.2) is 48.8 Å². The fraction of sp³-hybridized carbons (Fsp3) is 0.316. The maximum Gasteiger partial charge on any atom is 0.156 e. The number of hydrogen-bond acceptors (Lipinski definition) is 5. The minimum absolute atomic E-state index is 0.0919. The third-order valence-electron chi connectivity index (χ3n) is 3.88. The number of aromatic nitrogens is 4. The first-order chi connectivity index (χ1) is 12.1. The zero-order valence-electron chi connectivity index (χ0n) is 14.8. The Kier molecular flexibility index (Phi) is 5.40. The predicted octanol–water partition coefficient (Wildman–Crippen LogP) is 3.35. The first kappa shape index (κ1) is 17.1. The highest BCUT2D eigenvalue weighted by Gasteiger charge is 2.10. The number of nitrogens with one attached hydrogen (secondary N) is 1. The van der Waals surface area contributed by atoms with Crippen LogP contribution in [0.2, 0.25) is 0 Å². The number of rotatable bonds is 7. The Balaban J connectivity index is 1.68. The van der Waals surface area contributed by atoms with Crippen molar-refractivity contribution in [3.05, 3.63) is 71.4 Å². The molecule has 0 fully saturated rings. The number of benzene rings is 1. The van der Waals surface area contributed by atoms with Crippen LogP contribution in [0.25, 0.3) is 0 Å². The minimum atomic E-state index is 0.0919. The van der Waals surface area contributed by atoms with E-state index < -0.39 is 0 Å². The molecule has 0 aliphatic heterocycles. The zero-order valence-corrected chi connectivity index (χ0v) is 14.8. The van der Waals surface area contributed by atoms with Crippen LogP contribution < -0.4 is 5.32 Å². The molecular weight excluding hydrogens is 314 g/mol. The Morgan fingerprint density at radius 3 is 2.76 bits per heavy atom. The average Bonchev–Trinajstić information content (AvgIpc) is 3.04. The quantitative estimate of drug-likeness (QED) is 0.716. The summed E-state index contributed by atoms with van der Waals surface area (Å²) in [5, 5.41) is 7.88. The fourth-order valence-electron chi connectivity index (χ4n) is 2.66. The molecule has 6 nitrogen and oxygen atoms in total. The molecule has 0 saturated heterocycles. The topological polar surface area (TPSA) is 64.9 Å². The number of ether oxygens (including phenoxy) is 1. The molecule has 3 aromatic rings. The van der Waals surface area contributed by atoms with Gasteiger partial charge < -0.3 is 10.1 Å². The van der Waals surface area contributed by atoms with Crippen LogP contribution in [0.5, 0.6) is 0 Å². The summed E-state index contributed by atoms with van der Waals surface area (Å²) in [7, 11) is 1.64. The Morgan fingerprint density at radius 1 is 1.20 bits per heavy atom. The van der Waals surface area contributed by atoms with Crippen molar-refractivity contribution in [3.8, 4) is 0 Å². The molecule has 6 heteroatoms. The van der Waals surface area contributed by atoms with Gasteiger partial charge in [-0.15, -0.1) is 0 Å². The summed E-state index contributed by atoms with van der Waals surface area (Å²) < 4.78 is 7.07. The van der Waals surface area contributed by atoms with Gasteiger partial charge >= 0.3 is 0 Å². The molecule has 0 aliphatic carbocycles. The maximum atomic E-state index is 5.12. The van der Waals surface area contributed by atoms with Crippen molar-refractivity contribution in [2.75, 3.05) is 12.4 Å². The van der Waals surface area contributed by atoms with E-state index in [1.54, 1.807) is 7.11 Å². The van der Waals surface area contributed by atoms with Crippen molar-refractivity contribution in [2.24, 2.45) is 0 Å². The number of nitrogens with zero attached hydrogens (tertiary/aromatic N) is 4. The van der Waals surface area contributed by atoms with Crippen molar-refractivity contribution >= 4 is 5.82 Å². The molecule has 0 aliphatic rings. The van der Waals surface area contributed by atoms with Gasteiger partial charge in [0.15, 0.2) is 5.82 Å². The lowest BCUT2D eigenvalue weighted by molar-refractivity contribution is 0.177. The van der Waals surface area contributed by atoms with Gasteiger partial charge in [0.1, 0.15) is 12.4 Å². The van der Waals surface area contributed by atoms with Crippen LogP contribution in [0.3, 0.4) is 0 Å². The van der Waals surface area contributed by atoms with E-state index in [1.165, 1.54) is 5.56 Å². The molecule has 0 spiro atoms. The lowest BCUT2D eigenvalue weighted by Gasteiger charge is -2.14. The average molecular weight is 337 g/mol. The summed E-state index contributed by atoms with van der Waals surface area (Å²) in [5.41, 5.74) is 3.26. The van der Waals surface area contributed by atoms with Gasteiger partial charge in [0, 0.05) is 30.6 Å². The van der Waals surface area contributed by atoms with Crippen LogP contribution in [-0.4, -0.2) is 26.9 Å². The smallest absolute Gasteiger partial charge is 0.156 e. The Bertz CT molecular complexity index is 816. The molecule has 3 rings (SSSR count). The molecule has 2 aromatic heterocycles. The molecule has 25 heavy (non-hydrogen) atoms. The summed E-state index contributed by atoms with van der Waals surface area (Å²) >= 11 is 0. The van der Waals surface area contributed by atoms with Crippen molar-refractivity contribution in [3.63, 3.8) is 0 Å². The largest absolute Gasteiger partial charge is 0.377 e. The first-order valence-corrected chi connectivity index (χ1v) is 8.30. The summed E-state index contributed by atoms with van der Waals surface area (Å²) in [5.74, 6) is 1.47. The number of methoxy groups -OCH3 is 1. The predicted molar refractivity (Wildman–Crippen MR) is 97.3 cm³/mol. The summed E-state index contributed by atoms with van der Waals surface area (Å²) in [6, 6.07) is 12.3. The Hall–Kier alpha value is -2.73. The molecule has 1 N–H and O–H groups in total. The minimum Gasteiger partial charge on any atom is -0.377 e. The number of anilines is 1. The van der Waals surface area contributed by atoms with Gasteiger partial charge in [0.05, 0.1) is 18.8 Å². The van der Waals surface area contributed by atoms with Crippen LogP contribution in [0.1, 0.15) is 35.6 Å². The van der Waals surface area contributed by atoms with Crippen molar-refractivity contribution < 1.29 is 4.74 Å². The van der Waals surface area contributed by atoms with Crippen molar-refractivity contribution in [1.82, 2.24) is 19.7 Å². The van der Waals surface area contributed by atoms with E-state index in [0.717, 1.165) is 23.6 Å². The van der Waals surface area contributed by atoms with Crippen LogP contribution in [-0.2, 0) is 17.9 Å². The van der Waals surface area contributed by atoms with Crippen molar-refractivity contribution in [2.45, 2.75) is 33.0 Å². The highest BCUT2D eigenvalue weighted by molar-refractivity contribution is 5.38. The SMILES string of the molecule is COCc1nc(C)cc(NC(C)c2cnn(Cc3ccccc3)c2)n1. The molecular formula is C19H23N5O. The third-order valence-corrected chi connectivity index (χ3v) is 3.88. The van der Waals surface area contributed by atoms with Gasteiger partial charge in [0.25, 0.3) is 0 Å². The van der Waals surface area contributed by atoms with Gasteiger partial charge in [0.2, 0.25) is 0 Å². The third kappa shape index (κ3) is 4.64. The summed E-state index contributed by atoms with van der Waals surface area (Å²) in [6.45, 7) is 5.21. The van der Waals surface area contributed by atoms with Gasteiger partial charge in [-0.05, 0) is 19.4 Å². The van der Waals surface area contributed by atoms with Gasteiger partial charge in [-0.25, -0.2) is 9.97 Å². The summed E-state index contributed by atoms with van der Waals surface area (Å²) in [4.78, 5) is 8.85. The molecule has 130 valence electrons. The van der Waals surface area contributed by atoms with Gasteiger partial charge in [-0.3, -0.25) is 4.68 Å². The highest BCUT2D eigenvalue weighted by Crippen LogP contribution is 2.18. The second-order valence-electron chi connectivity index (χ2n) is 6.07. The first-order valence-electron chi connectivity index (χ1n) is 8.30. The maximum absolute atomic E-state index is 5.12. The molecule has 1 atom stereocenters. The van der Waals surface area contributed by atoms with E-state index in [1.807, 2.05) is 42.1 Å². The van der Waals surface area contributed by atoms with Crippen LogP contribution in [0.4, 0.5) is 5.82 Å². The van der Waals surface area contributed by atoms with E-state index in [2.05, 4.69) is 45.6 Å². The Morgan fingerprint density at radius 2 is 2.00 bits per heavy atom. The molecule has 2 heterocycles. The van der Waals surface area contributed by atoms with E-state index in [9.17, 15) is 0 Å². The van der Waals surface area contributed by atoms with Gasteiger partial charge in [-0.2, -0.15) is 5.10 Å². The lowest BCUT2D eigenvalue weighted by Crippen LogP contribution is -2.10. The fourth-order valence-corrected chi connectivity index (χ4v) is 2.66. The molecule has 0 bridgehead atoms. The van der Waals surface area contributed by atoms with Crippen molar-refractivity contribution in [1.29, 1.82) is 0 Å². The normalized spacial score (nSPS) is 12.1. The molecule has 0 saturated carbocycles.